The van der Waals surface area contributed by atoms with E-state index in [0.29, 0.717) is 18.0 Å². The van der Waals surface area contributed by atoms with Crippen LogP contribution in [-0.4, -0.2) is 43.8 Å². The molecule has 1 N–H and O–H groups in total. The molecule has 0 amide bonds. The van der Waals surface area contributed by atoms with Gasteiger partial charge in [-0.1, -0.05) is 37.6 Å². The van der Waals surface area contributed by atoms with Crippen LogP contribution in [0.1, 0.15) is 59.2 Å². The number of hydrogen-bond donors (Lipinski definition) is 1. The number of carbonyl (C=O) groups is 1. The first-order chi connectivity index (χ1) is 22.3. The molecule has 1 unspecified atom stereocenters. The number of hydrogen-bond acceptors (Lipinski definition) is 6. The zero-order valence-electron chi connectivity index (χ0n) is 24.9. The number of benzene rings is 3. The molecule has 3 aromatic carbocycles. The molecule has 47 heavy (non-hydrogen) atoms. The minimum atomic E-state index is -2.82. The van der Waals surface area contributed by atoms with Gasteiger partial charge >= 0.3 is 12.0 Å². The molecule has 2 aromatic heterocycles. The van der Waals surface area contributed by atoms with Gasteiger partial charge in [-0.25, -0.2) is 36.7 Å². The third-order valence-corrected chi connectivity index (χ3v) is 8.46. The van der Waals surface area contributed by atoms with E-state index in [-0.39, 0.29) is 70.1 Å². The van der Waals surface area contributed by atoms with E-state index in [2.05, 4.69) is 15.0 Å². The Bertz CT molecular complexity index is 2020. The molecule has 0 spiro atoms. The summed E-state index contributed by atoms with van der Waals surface area (Å²) in [5.74, 6) is -3.34. The summed E-state index contributed by atoms with van der Waals surface area (Å²) in [5, 5.41) is 9.71. The van der Waals surface area contributed by atoms with E-state index in [9.17, 15) is 23.1 Å². The highest BCUT2D eigenvalue weighted by molar-refractivity contribution is 6.31. The van der Waals surface area contributed by atoms with E-state index < -0.39 is 40.8 Å². The number of imidazole rings is 1. The molecule has 0 radical (unpaired) electrons. The number of carboxylic acids is 1. The minimum absolute atomic E-state index is 0.000350. The third-order valence-electron chi connectivity index (χ3n) is 8.11. The lowest BCUT2D eigenvalue weighted by Gasteiger charge is -2.28. The van der Waals surface area contributed by atoms with Crippen LogP contribution >= 0.6 is 11.6 Å². The Morgan fingerprint density at radius 1 is 1.06 bits per heavy atom. The van der Waals surface area contributed by atoms with Crippen molar-refractivity contribution in [2.75, 3.05) is 13.2 Å². The van der Waals surface area contributed by atoms with E-state index in [1.165, 1.54) is 36.5 Å². The predicted octanol–water partition coefficient (Wildman–Crippen LogP) is 7.97. The molecular formula is C33H26ClF5N4O4. The molecule has 8 nitrogen and oxygen atoms in total. The number of rotatable bonds is 9. The van der Waals surface area contributed by atoms with Gasteiger partial charge in [-0.3, -0.25) is 0 Å². The first-order valence-electron chi connectivity index (χ1n) is 14.3. The molecule has 14 heteroatoms. The topological polar surface area (TPSA) is 99.4 Å². The van der Waals surface area contributed by atoms with Crippen LogP contribution in [0, 0.1) is 22.9 Å². The fourth-order valence-corrected chi connectivity index (χ4v) is 5.82. The summed E-state index contributed by atoms with van der Waals surface area (Å²) in [4.78, 5) is 24.4. The molecule has 1 fully saturated rings. The maximum absolute atomic E-state index is 15.6. The zero-order valence-corrected chi connectivity index (χ0v) is 25.7. The van der Waals surface area contributed by atoms with Crippen LogP contribution in [0.2, 0.25) is 5.02 Å². The summed E-state index contributed by atoms with van der Waals surface area (Å²) in [5.41, 5.74) is -0.432. The third kappa shape index (κ3) is 6.37. The lowest BCUT2D eigenvalue weighted by atomic mass is 9.87. The van der Waals surface area contributed by atoms with Crippen molar-refractivity contribution in [1.82, 2.24) is 19.5 Å². The standard InChI is InChI=1S/C33H26ClF5N4O4/c1-33(2)15-46-14-27(33)43-26-10-19(31(44)45)9-24(37)29(26)42-28(43)11-18-8-23(36)20(12-21(18)34)25-5-6-40-32(41-25)47-13-17-4-3-16(30(38)39)7-22(17)35/h3-10,12,27,30H,11,13-15H2,1-2H3,(H,44,45). The maximum Gasteiger partial charge on any atom is 0.335 e. The molecule has 0 saturated carbocycles. The highest BCUT2D eigenvalue weighted by Crippen LogP contribution is 2.41. The van der Waals surface area contributed by atoms with Crippen molar-refractivity contribution in [2.24, 2.45) is 5.41 Å². The minimum Gasteiger partial charge on any atom is -0.478 e. The Hall–Kier alpha value is -4.62. The van der Waals surface area contributed by atoms with Crippen molar-refractivity contribution in [3.63, 3.8) is 0 Å². The Morgan fingerprint density at radius 2 is 1.85 bits per heavy atom. The number of fused-ring (bicyclic) bond motifs is 1. The van der Waals surface area contributed by atoms with E-state index in [4.69, 9.17) is 21.1 Å². The number of ether oxygens (including phenoxy) is 2. The van der Waals surface area contributed by atoms with Gasteiger partial charge in [-0.05, 0) is 42.0 Å². The molecule has 1 aliphatic heterocycles. The zero-order chi connectivity index (χ0) is 33.6. The molecule has 244 valence electrons. The van der Waals surface area contributed by atoms with Gasteiger partial charge in [-0.2, -0.15) is 4.98 Å². The second-order valence-corrected chi connectivity index (χ2v) is 12.2. The smallest absolute Gasteiger partial charge is 0.335 e. The number of carboxylic acid groups (broad SMARTS) is 1. The Labute approximate surface area is 269 Å². The van der Waals surface area contributed by atoms with Crippen LogP contribution in [0.5, 0.6) is 6.01 Å². The largest absolute Gasteiger partial charge is 0.478 e. The van der Waals surface area contributed by atoms with Crippen molar-refractivity contribution in [1.29, 1.82) is 0 Å². The van der Waals surface area contributed by atoms with Gasteiger partial charge in [0.05, 0.1) is 36.0 Å². The summed E-state index contributed by atoms with van der Waals surface area (Å²) in [6, 6.07) is 8.70. The number of aromatic nitrogens is 4. The number of nitrogens with zero attached hydrogens (tertiary/aromatic N) is 4. The highest BCUT2D eigenvalue weighted by atomic mass is 35.5. The highest BCUT2D eigenvalue weighted by Gasteiger charge is 2.39. The van der Waals surface area contributed by atoms with Crippen LogP contribution in [0.25, 0.3) is 22.3 Å². The van der Waals surface area contributed by atoms with Gasteiger partial charge in [0, 0.05) is 39.7 Å². The summed E-state index contributed by atoms with van der Waals surface area (Å²) >= 11 is 6.65. The molecule has 0 bridgehead atoms. The molecule has 1 atom stereocenters. The average Bonchev–Trinajstić information content (AvgIpc) is 3.56. The van der Waals surface area contributed by atoms with Crippen LogP contribution in [-0.2, 0) is 17.8 Å². The lowest BCUT2D eigenvalue weighted by molar-refractivity contribution is 0.0696. The van der Waals surface area contributed by atoms with Crippen molar-refractivity contribution >= 4 is 28.6 Å². The second kappa shape index (κ2) is 12.5. The SMILES string of the molecule is CC1(C)COCC1n1c(Cc2cc(F)c(-c3ccnc(OCc4ccc(C(F)F)cc4F)n3)cc2Cl)nc2c(F)cc(C(=O)O)cc21. The van der Waals surface area contributed by atoms with Crippen LogP contribution in [0.4, 0.5) is 22.0 Å². The summed E-state index contributed by atoms with van der Waals surface area (Å²) in [7, 11) is 0. The van der Waals surface area contributed by atoms with Gasteiger partial charge in [0.2, 0.25) is 0 Å². The summed E-state index contributed by atoms with van der Waals surface area (Å²) in [6.07, 6.45) is -1.53. The Kier molecular flexibility index (Phi) is 8.62. The van der Waals surface area contributed by atoms with Gasteiger partial charge in [-0.15, -0.1) is 0 Å². The van der Waals surface area contributed by atoms with E-state index >= 15 is 8.78 Å². The Balaban J connectivity index is 1.31. The normalized spacial score (nSPS) is 15.9. The van der Waals surface area contributed by atoms with Crippen molar-refractivity contribution in [3.8, 4) is 17.3 Å². The van der Waals surface area contributed by atoms with Crippen LogP contribution in [0.3, 0.4) is 0 Å². The summed E-state index contributed by atoms with van der Waals surface area (Å²) in [6.45, 7) is 4.26. The van der Waals surface area contributed by atoms with Crippen molar-refractivity contribution < 1.29 is 41.3 Å². The number of aromatic carboxylic acids is 1. The molecule has 5 aromatic rings. The molecule has 1 saturated heterocycles. The molecule has 3 heterocycles. The van der Waals surface area contributed by atoms with Gasteiger partial charge < -0.3 is 19.1 Å². The number of halogens is 6. The first kappa shape index (κ1) is 32.3. The van der Waals surface area contributed by atoms with Crippen molar-refractivity contribution in [3.05, 3.63) is 105 Å². The van der Waals surface area contributed by atoms with E-state index in [0.717, 1.165) is 18.2 Å². The molecule has 1 aliphatic rings. The van der Waals surface area contributed by atoms with Crippen LogP contribution in [0.15, 0.2) is 54.7 Å². The molecule has 6 rings (SSSR count). The van der Waals surface area contributed by atoms with Crippen LogP contribution < -0.4 is 4.74 Å². The predicted molar refractivity (Wildman–Crippen MR) is 161 cm³/mol. The van der Waals surface area contributed by atoms with Gasteiger partial charge in [0.1, 0.15) is 29.6 Å². The first-order valence-corrected chi connectivity index (χ1v) is 14.7. The molecular weight excluding hydrogens is 647 g/mol. The monoisotopic (exact) mass is 672 g/mol. The van der Waals surface area contributed by atoms with E-state index in [1.807, 2.05) is 13.8 Å². The second-order valence-electron chi connectivity index (χ2n) is 11.8. The van der Waals surface area contributed by atoms with Gasteiger partial charge in [0.25, 0.3) is 6.43 Å². The quantitative estimate of drug-likeness (QED) is 0.159. The van der Waals surface area contributed by atoms with E-state index in [1.54, 1.807) is 4.57 Å². The fraction of sp³-hybridized carbons (Fsp3) is 0.273. The van der Waals surface area contributed by atoms with Crippen molar-refractivity contribution in [2.45, 2.75) is 39.3 Å². The molecule has 0 aliphatic carbocycles. The Morgan fingerprint density at radius 3 is 2.53 bits per heavy atom. The maximum atomic E-state index is 15.6. The lowest BCUT2D eigenvalue weighted by Crippen LogP contribution is -2.27. The summed E-state index contributed by atoms with van der Waals surface area (Å²) < 4.78 is 83.6. The average molecular weight is 673 g/mol. The van der Waals surface area contributed by atoms with Gasteiger partial charge in [0.15, 0.2) is 5.82 Å². The number of alkyl halides is 2. The fourth-order valence-electron chi connectivity index (χ4n) is 5.59.